The largest absolute Gasteiger partial charge is 0.481 e. The zero-order chi connectivity index (χ0) is 14.6. The van der Waals surface area contributed by atoms with Crippen LogP contribution in [0.15, 0.2) is 0 Å². The summed E-state index contributed by atoms with van der Waals surface area (Å²) in [5.41, 5.74) is 0. The molecule has 1 fully saturated rings. The Morgan fingerprint density at radius 3 is 2.21 bits per heavy atom. The molecule has 0 unspecified atom stereocenters. The number of carbonyl (C=O) groups is 1. The Labute approximate surface area is 115 Å². The van der Waals surface area contributed by atoms with Crippen molar-refractivity contribution < 1.29 is 18.3 Å². The molecule has 8 heteroatoms. The van der Waals surface area contributed by atoms with Crippen molar-refractivity contribution in [3.05, 3.63) is 0 Å². The number of carboxylic acids is 1. The van der Waals surface area contributed by atoms with Crippen molar-refractivity contribution in [3.63, 3.8) is 0 Å². The summed E-state index contributed by atoms with van der Waals surface area (Å²) in [4.78, 5) is 12.6. The molecular weight excluding hydrogens is 270 g/mol. The van der Waals surface area contributed by atoms with Crippen LogP contribution in [0, 0.1) is 0 Å². The van der Waals surface area contributed by atoms with Gasteiger partial charge in [0.25, 0.3) is 10.2 Å². The fourth-order valence-electron chi connectivity index (χ4n) is 2.15. The van der Waals surface area contributed by atoms with Crippen LogP contribution in [0.5, 0.6) is 0 Å². The van der Waals surface area contributed by atoms with Crippen molar-refractivity contribution in [2.45, 2.75) is 25.3 Å². The summed E-state index contributed by atoms with van der Waals surface area (Å²) in [7, 11) is 1.89. The molecule has 1 N–H and O–H groups in total. The Morgan fingerprint density at radius 2 is 1.79 bits per heavy atom. The number of carboxylic acid groups (broad SMARTS) is 1. The average Bonchev–Trinajstić information content (AvgIpc) is 2.35. The van der Waals surface area contributed by atoms with Gasteiger partial charge in [-0.3, -0.25) is 4.79 Å². The van der Waals surface area contributed by atoms with Crippen LogP contribution < -0.4 is 0 Å². The van der Waals surface area contributed by atoms with Crippen molar-refractivity contribution in [1.82, 2.24) is 13.5 Å². The lowest BCUT2D eigenvalue weighted by atomic mass is 10.1. The molecule has 0 aromatic carbocycles. The van der Waals surface area contributed by atoms with Gasteiger partial charge in [-0.2, -0.15) is 17.0 Å². The minimum atomic E-state index is -3.52. The first-order chi connectivity index (χ1) is 8.75. The van der Waals surface area contributed by atoms with Crippen LogP contribution in [0.3, 0.4) is 0 Å². The predicted octanol–water partition coefficient (Wildman–Crippen LogP) is -0.336. The van der Waals surface area contributed by atoms with E-state index in [-0.39, 0.29) is 13.0 Å². The van der Waals surface area contributed by atoms with Gasteiger partial charge >= 0.3 is 5.97 Å². The summed E-state index contributed by atoms with van der Waals surface area (Å²) in [6.07, 6.45) is 1.43. The van der Waals surface area contributed by atoms with E-state index in [0.717, 1.165) is 17.1 Å². The van der Waals surface area contributed by atoms with E-state index in [1.807, 2.05) is 14.1 Å². The number of aliphatic carboxylic acids is 1. The van der Waals surface area contributed by atoms with E-state index in [0.29, 0.717) is 19.1 Å². The molecule has 1 rings (SSSR count). The van der Waals surface area contributed by atoms with Gasteiger partial charge in [0.15, 0.2) is 0 Å². The maximum absolute atomic E-state index is 12.2. The Bertz CT molecular complexity index is 402. The van der Waals surface area contributed by atoms with Gasteiger partial charge in [0.2, 0.25) is 0 Å². The number of rotatable bonds is 6. The smallest absolute Gasteiger partial charge is 0.304 e. The normalized spacial score (nSPS) is 19.2. The first-order valence-corrected chi connectivity index (χ1v) is 7.74. The van der Waals surface area contributed by atoms with Crippen molar-refractivity contribution >= 4 is 16.2 Å². The molecule has 0 saturated carbocycles. The van der Waals surface area contributed by atoms with Gasteiger partial charge in [-0.05, 0) is 26.9 Å². The van der Waals surface area contributed by atoms with Crippen molar-refractivity contribution in [1.29, 1.82) is 0 Å². The molecule has 0 spiro atoms. The Hall–Kier alpha value is -0.700. The third-order valence-corrected chi connectivity index (χ3v) is 5.50. The molecule has 0 bridgehead atoms. The molecule has 1 heterocycles. The second-order valence-electron chi connectivity index (χ2n) is 5.07. The van der Waals surface area contributed by atoms with E-state index in [4.69, 9.17) is 5.11 Å². The molecule has 0 aromatic rings. The van der Waals surface area contributed by atoms with Crippen LogP contribution in [0.1, 0.15) is 19.3 Å². The molecule has 1 aliphatic heterocycles. The highest BCUT2D eigenvalue weighted by atomic mass is 32.2. The Kier molecular flexibility index (Phi) is 5.72. The highest BCUT2D eigenvalue weighted by Crippen LogP contribution is 2.18. The van der Waals surface area contributed by atoms with Gasteiger partial charge in [-0.25, -0.2) is 0 Å². The SMILES string of the molecule is CN(C)C1CCN(S(=O)(=O)N(C)CCC(=O)O)CC1. The number of hydrogen-bond donors (Lipinski definition) is 1. The first kappa shape index (κ1) is 16.4. The molecule has 0 atom stereocenters. The van der Waals surface area contributed by atoms with Gasteiger partial charge in [0, 0.05) is 32.7 Å². The number of piperidine rings is 1. The van der Waals surface area contributed by atoms with Gasteiger partial charge in [-0.15, -0.1) is 0 Å². The van der Waals surface area contributed by atoms with Crippen molar-refractivity contribution in [3.8, 4) is 0 Å². The second-order valence-corrected chi connectivity index (χ2v) is 7.10. The maximum atomic E-state index is 12.2. The molecule has 0 amide bonds. The van der Waals surface area contributed by atoms with Crippen LogP contribution in [-0.2, 0) is 15.0 Å². The van der Waals surface area contributed by atoms with E-state index in [1.54, 1.807) is 0 Å². The minimum Gasteiger partial charge on any atom is -0.481 e. The lowest BCUT2D eigenvalue weighted by Crippen LogP contribution is -2.49. The number of hydrogen-bond acceptors (Lipinski definition) is 4. The average molecular weight is 293 g/mol. The topological polar surface area (TPSA) is 81.2 Å². The van der Waals surface area contributed by atoms with Crippen LogP contribution in [-0.4, -0.2) is 79.8 Å². The summed E-state index contributed by atoms with van der Waals surface area (Å²) in [5, 5.41) is 8.59. The Balaban J connectivity index is 2.57. The molecule has 0 aliphatic carbocycles. The van der Waals surface area contributed by atoms with Crippen LogP contribution in [0.25, 0.3) is 0 Å². The lowest BCUT2D eigenvalue weighted by molar-refractivity contribution is -0.137. The van der Waals surface area contributed by atoms with Crippen molar-refractivity contribution in [2.24, 2.45) is 0 Å². The zero-order valence-corrected chi connectivity index (χ0v) is 12.6. The quantitative estimate of drug-likeness (QED) is 0.725. The zero-order valence-electron chi connectivity index (χ0n) is 11.7. The Morgan fingerprint density at radius 1 is 1.26 bits per heavy atom. The van der Waals surface area contributed by atoms with E-state index in [9.17, 15) is 13.2 Å². The molecule has 0 aromatic heterocycles. The number of nitrogens with zero attached hydrogens (tertiary/aromatic N) is 3. The summed E-state index contributed by atoms with van der Waals surface area (Å²) >= 11 is 0. The summed E-state index contributed by atoms with van der Waals surface area (Å²) in [6, 6.07) is 0.413. The van der Waals surface area contributed by atoms with E-state index < -0.39 is 16.2 Å². The van der Waals surface area contributed by atoms with Crippen molar-refractivity contribution in [2.75, 3.05) is 40.8 Å². The monoisotopic (exact) mass is 293 g/mol. The van der Waals surface area contributed by atoms with Gasteiger partial charge < -0.3 is 10.0 Å². The first-order valence-electron chi connectivity index (χ1n) is 6.34. The van der Waals surface area contributed by atoms with Crippen LogP contribution in [0.2, 0.25) is 0 Å². The fraction of sp³-hybridized carbons (Fsp3) is 0.909. The van der Waals surface area contributed by atoms with E-state index in [2.05, 4.69) is 4.90 Å². The molecule has 112 valence electrons. The summed E-state index contributed by atoms with van der Waals surface area (Å²) < 4.78 is 27.0. The molecule has 0 radical (unpaired) electrons. The molecular formula is C11H23N3O4S. The second kappa shape index (κ2) is 6.65. The highest BCUT2D eigenvalue weighted by molar-refractivity contribution is 7.86. The maximum Gasteiger partial charge on any atom is 0.304 e. The third-order valence-electron chi connectivity index (χ3n) is 3.51. The standard InChI is InChI=1S/C11H23N3O4S/c1-12(2)10-4-8-14(9-5-10)19(17,18)13(3)7-6-11(15)16/h10H,4-9H2,1-3H3,(H,15,16). The predicted molar refractivity (Wildman–Crippen MR) is 72.1 cm³/mol. The molecule has 1 aliphatic rings. The summed E-state index contributed by atoms with van der Waals surface area (Å²) in [6.45, 7) is 0.983. The summed E-state index contributed by atoms with van der Waals surface area (Å²) in [5.74, 6) is -0.992. The van der Waals surface area contributed by atoms with E-state index >= 15 is 0 Å². The van der Waals surface area contributed by atoms with Crippen LogP contribution >= 0.6 is 0 Å². The van der Waals surface area contributed by atoms with Gasteiger partial charge in [0.05, 0.1) is 6.42 Å². The molecule has 19 heavy (non-hydrogen) atoms. The third kappa shape index (κ3) is 4.41. The molecule has 1 saturated heterocycles. The molecule has 7 nitrogen and oxygen atoms in total. The highest BCUT2D eigenvalue weighted by Gasteiger charge is 2.31. The lowest BCUT2D eigenvalue weighted by Gasteiger charge is -2.36. The van der Waals surface area contributed by atoms with Crippen LogP contribution in [0.4, 0.5) is 0 Å². The van der Waals surface area contributed by atoms with Gasteiger partial charge in [0.1, 0.15) is 0 Å². The van der Waals surface area contributed by atoms with Gasteiger partial charge in [-0.1, -0.05) is 0 Å². The fourth-order valence-corrected chi connectivity index (χ4v) is 3.54. The minimum absolute atomic E-state index is 0.00523. The van der Waals surface area contributed by atoms with E-state index in [1.165, 1.54) is 11.4 Å².